The number of carbonyl (C=O) groups excluding carboxylic acids is 1. The number of hydrogen-bond donors (Lipinski definition) is 2. The first kappa shape index (κ1) is 18.2. The molecule has 6 nitrogen and oxygen atoms in total. The summed E-state index contributed by atoms with van der Waals surface area (Å²) in [4.78, 5) is 23.6. The number of sulfone groups is 1. The summed E-state index contributed by atoms with van der Waals surface area (Å²) in [7, 11) is -3.32. The molecule has 1 rings (SSSR count). The van der Waals surface area contributed by atoms with Crippen LogP contribution in [0.3, 0.4) is 0 Å². The van der Waals surface area contributed by atoms with Gasteiger partial charge >= 0.3 is 5.97 Å². The van der Waals surface area contributed by atoms with E-state index in [0.717, 1.165) is 0 Å². The van der Waals surface area contributed by atoms with Gasteiger partial charge in [0.25, 0.3) is 5.91 Å². The van der Waals surface area contributed by atoms with Crippen LogP contribution in [0.5, 0.6) is 0 Å². The van der Waals surface area contributed by atoms with Crippen LogP contribution in [0.2, 0.25) is 0 Å². The lowest BCUT2D eigenvalue weighted by atomic mass is 9.96. The molecule has 0 saturated heterocycles. The molecule has 122 valence electrons. The molecule has 1 unspecified atom stereocenters. The molecular weight excluding hydrogens is 306 g/mol. The van der Waals surface area contributed by atoms with Crippen molar-refractivity contribution in [2.45, 2.75) is 44.0 Å². The van der Waals surface area contributed by atoms with Gasteiger partial charge in [-0.25, -0.2) is 13.2 Å². The first-order valence-electron chi connectivity index (χ1n) is 7.05. The van der Waals surface area contributed by atoms with Gasteiger partial charge in [0.1, 0.15) is 5.54 Å². The molecule has 0 aliphatic rings. The van der Waals surface area contributed by atoms with Crippen molar-refractivity contribution in [2.75, 3.05) is 5.75 Å². The van der Waals surface area contributed by atoms with Crippen molar-refractivity contribution >= 4 is 21.7 Å². The highest BCUT2D eigenvalue weighted by Crippen LogP contribution is 2.16. The second-order valence-electron chi connectivity index (χ2n) is 5.27. The molecule has 22 heavy (non-hydrogen) atoms. The largest absolute Gasteiger partial charge is 0.480 e. The van der Waals surface area contributed by atoms with Gasteiger partial charge in [0.15, 0.2) is 9.84 Å². The number of aliphatic carboxylic acids is 1. The van der Waals surface area contributed by atoms with Crippen LogP contribution in [0.4, 0.5) is 0 Å². The van der Waals surface area contributed by atoms with Gasteiger partial charge in [-0.3, -0.25) is 4.79 Å². The fraction of sp³-hybridized carbons (Fsp3) is 0.467. The number of carboxylic acids is 1. The minimum Gasteiger partial charge on any atom is -0.480 e. The molecule has 1 atom stereocenters. The molecule has 0 aliphatic carbocycles. The summed E-state index contributed by atoms with van der Waals surface area (Å²) in [6.45, 7) is 4.82. The number of carboxylic acid groups (broad SMARTS) is 1. The maximum atomic E-state index is 12.1. The lowest BCUT2D eigenvalue weighted by molar-refractivity contribution is -0.144. The van der Waals surface area contributed by atoms with Crippen molar-refractivity contribution in [3.05, 3.63) is 29.8 Å². The van der Waals surface area contributed by atoms with Crippen LogP contribution in [-0.2, 0) is 14.6 Å². The van der Waals surface area contributed by atoms with Gasteiger partial charge in [-0.15, -0.1) is 0 Å². The number of hydrogen-bond acceptors (Lipinski definition) is 4. The van der Waals surface area contributed by atoms with Gasteiger partial charge in [-0.05, 0) is 37.6 Å². The number of rotatable bonds is 7. The topological polar surface area (TPSA) is 101 Å². The highest BCUT2D eigenvalue weighted by atomic mass is 32.2. The van der Waals surface area contributed by atoms with Gasteiger partial charge in [-0.2, -0.15) is 0 Å². The van der Waals surface area contributed by atoms with Crippen molar-refractivity contribution in [3.8, 4) is 0 Å². The first-order valence-corrected chi connectivity index (χ1v) is 8.70. The third kappa shape index (κ3) is 4.07. The van der Waals surface area contributed by atoms with Gasteiger partial charge in [0.05, 0.1) is 10.6 Å². The highest BCUT2D eigenvalue weighted by Gasteiger charge is 2.34. The van der Waals surface area contributed by atoms with E-state index in [9.17, 15) is 23.1 Å². The Morgan fingerprint density at radius 3 is 2.14 bits per heavy atom. The maximum absolute atomic E-state index is 12.1. The van der Waals surface area contributed by atoms with Crippen LogP contribution in [0, 0.1) is 0 Å². The molecule has 0 heterocycles. The van der Waals surface area contributed by atoms with Crippen LogP contribution >= 0.6 is 0 Å². The molecule has 0 aromatic heterocycles. The molecule has 0 fully saturated rings. The smallest absolute Gasteiger partial charge is 0.329 e. The highest BCUT2D eigenvalue weighted by molar-refractivity contribution is 7.91. The monoisotopic (exact) mass is 327 g/mol. The van der Waals surface area contributed by atoms with E-state index >= 15 is 0 Å². The Labute approximate surface area is 130 Å². The summed E-state index contributed by atoms with van der Waals surface area (Å²) in [6.07, 6.45) is 0.910. The van der Waals surface area contributed by atoms with Crippen molar-refractivity contribution in [3.63, 3.8) is 0 Å². The van der Waals surface area contributed by atoms with Crippen molar-refractivity contribution < 1.29 is 23.1 Å². The predicted octanol–water partition coefficient (Wildman–Crippen LogP) is 1.85. The zero-order valence-corrected chi connectivity index (χ0v) is 13.7. The molecule has 0 saturated carbocycles. The minimum absolute atomic E-state index is 0.0217. The molecule has 7 heteroatoms. The number of nitrogens with one attached hydrogen (secondary N) is 1. The number of benzene rings is 1. The molecular formula is C15H21NO5S. The standard InChI is InChI=1S/C15H21NO5S/c1-4-10-15(3,14(18)19)16-13(17)11-6-8-12(9-7-11)22(20,21)5-2/h6-9H,4-5,10H2,1-3H3,(H,16,17)(H,18,19). The summed E-state index contributed by atoms with van der Waals surface area (Å²) in [6, 6.07) is 5.47. The number of carbonyl (C=O) groups is 2. The van der Waals surface area contributed by atoms with Gasteiger partial charge in [0, 0.05) is 5.56 Å². The zero-order chi connectivity index (χ0) is 17.0. The summed E-state index contributed by atoms with van der Waals surface area (Å²) in [5.74, 6) is -1.67. The Bertz CT molecular complexity index is 651. The molecule has 0 radical (unpaired) electrons. The summed E-state index contributed by atoms with van der Waals surface area (Å²) >= 11 is 0. The molecule has 0 aliphatic heterocycles. The third-order valence-corrected chi connectivity index (χ3v) is 5.22. The maximum Gasteiger partial charge on any atom is 0.329 e. The molecule has 2 N–H and O–H groups in total. The average molecular weight is 327 g/mol. The van der Waals surface area contributed by atoms with Crippen LogP contribution in [-0.4, -0.2) is 36.7 Å². The lowest BCUT2D eigenvalue weighted by Crippen LogP contribution is -2.52. The second-order valence-corrected chi connectivity index (χ2v) is 7.55. The lowest BCUT2D eigenvalue weighted by Gasteiger charge is -2.25. The fourth-order valence-corrected chi connectivity index (χ4v) is 2.91. The van der Waals surface area contributed by atoms with Crippen LogP contribution in [0.15, 0.2) is 29.2 Å². The van der Waals surface area contributed by atoms with E-state index in [0.29, 0.717) is 12.8 Å². The molecule has 0 bridgehead atoms. The van der Waals surface area contributed by atoms with Crippen molar-refractivity contribution in [1.29, 1.82) is 0 Å². The Hall–Kier alpha value is -1.89. The fourth-order valence-electron chi connectivity index (χ4n) is 2.03. The minimum atomic E-state index is -3.32. The van der Waals surface area contributed by atoms with Crippen molar-refractivity contribution in [2.24, 2.45) is 0 Å². The van der Waals surface area contributed by atoms with E-state index in [1.807, 2.05) is 6.92 Å². The van der Waals surface area contributed by atoms with E-state index in [4.69, 9.17) is 0 Å². The van der Waals surface area contributed by atoms with E-state index in [2.05, 4.69) is 5.32 Å². The Morgan fingerprint density at radius 2 is 1.73 bits per heavy atom. The quantitative estimate of drug-likeness (QED) is 0.796. The Morgan fingerprint density at radius 1 is 1.18 bits per heavy atom. The molecule has 1 aromatic rings. The summed E-state index contributed by atoms with van der Waals surface area (Å²) in [5.41, 5.74) is -1.13. The van der Waals surface area contributed by atoms with Crippen LogP contribution in [0.25, 0.3) is 0 Å². The average Bonchev–Trinajstić information content (AvgIpc) is 2.47. The zero-order valence-electron chi connectivity index (χ0n) is 12.9. The van der Waals surface area contributed by atoms with Crippen molar-refractivity contribution in [1.82, 2.24) is 5.32 Å². The SMILES string of the molecule is CCCC(C)(NC(=O)c1ccc(S(=O)(=O)CC)cc1)C(=O)O. The van der Waals surface area contributed by atoms with E-state index in [1.165, 1.54) is 31.2 Å². The first-order chi connectivity index (χ1) is 10.2. The number of amides is 1. The Balaban J connectivity index is 2.97. The van der Waals surface area contributed by atoms with E-state index in [-0.39, 0.29) is 16.2 Å². The Kier molecular flexibility index (Phi) is 5.71. The third-order valence-electron chi connectivity index (χ3n) is 3.47. The molecule has 0 spiro atoms. The summed E-state index contributed by atoms with van der Waals surface area (Å²) < 4.78 is 23.4. The van der Waals surface area contributed by atoms with E-state index < -0.39 is 27.3 Å². The second kappa shape index (κ2) is 6.91. The van der Waals surface area contributed by atoms with Gasteiger partial charge in [-0.1, -0.05) is 20.3 Å². The van der Waals surface area contributed by atoms with Gasteiger partial charge < -0.3 is 10.4 Å². The molecule has 1 amide bonds. The summed E-state index contributed by atoms with van der Waals surface area (Å²) in [5, 5.41) is 11.7. The normalized spacial score (nSPS) is 14.1. The van der Waals surface area contributed by atoms with Gasteiger partial charge in [0.2, 0.25) is 0 Å². The van der Waals surface area contributed by atoms with Crippen LogP contribution < -0.4 is 5.32 Å². The predicted molar refractivity (Wildman–Crippen MR) is 82.6 cm³/mol. The molecule has 1 aromatic carbocycles. The van der Waals surface area contributed by atoms with Crippen LogP contribution in [0.1, 0.15) is 44.0 Å². The van der Waals surface area contributed by atoms with E-state index in [1.54, 1.807) is 6.92 Å².